The van der Waals surface area contributed by atoms with Crippen LogP contribution in [0, 0.1) is 47.3 Å². The molecule has 0 radical (unpaired) electrons. The first kappa shape index (κ1) is 67.2. The maximum Gasteiger partial charge on any atom is 0.242 e. The van der Waals surface area contributed by atoms with Crippen LogP contribution in [-0.2, 0) is 19.2 Å². The molecule has 11 nitrogen and oxygen atoms in total. The van der Waals surface area contributed by atoms with E-state index in [0.29, 0.717) is 41.9 Å². The number of nitrogens with zero attached hydrogens (tertiary/aromatic N) is 3. The summed E-state index contributed by atoms with van der Waals surface area (Å²) in [5.74, 6) is 3.89. The first-order valence-corrected chi connectivity index (χ1v) is 22.5. The minimum atomic E-state index is -0.0399. The molecule has 0 bridgehead atoms. The monoisotopic (exact) mass is 830 g/mol. The minimum absolute atomic E-state index is 0.000637. The molecule has 0 saturated carbocycles. The largest absolute Gasteiger partial charge is 0.393 e. The van der Waals surface area contributed by atoms with Crippen LogP contribution in [-0.4, -0.2) is 74.4 Å². The second kappa shape index (κ2) is 47.2. The molecule has 0 heterocycles. The first-order valence-electron chi connectivity index (χ1n) is 22.5. The van der Waals surface area contributed by atoms with Crippen molar-refractivity contribution in [3.8, 4) is 0 Å². The lowest BCUT2D eigenvalue weighted by molar-refractivity contribution is -0.124. The van der Waals surface area contributed by atoms with Crippen LogP contribution in [0.3, 0.4) is 0 Å². The Balaban J connectivity index is -0.000000140. The SMILES string of the molecule is CC(C)C=NNC(=O)C(C)C.CC(C)C=NNC(C)C.CC(C)C=NOC(C)C.CC(C)CCNC(=O)C(C)C.CC(C)CCNC(C)C.CC(C)CCOC(C)C. The second-order valence-corrected chi connectivity index (χ2v) is 18.6. The number of hydrazone groups is 2. The van der Waals surface area contributed by atoms with Gasteiger partial charge in [-0.15, -0.1) is 0 Å². The van der Waals surface area contributed by atoms with E-state index in [1.165, 1.54) is 12.8 Å². The van der Waals surface area contributed by atoms with Gasteiger partial charge in [0, 0.05) is 55.7 Å². The summed E-state index contributed by atoms with van der Waals surface area (Å²) in [5.41, 5.74) is 5.39. The summed E-state index contributed by atoms with van der Waals surface area (Å²) in [6.07, 6.45) is 9.53. The molecule has 0 aliphatic heterocycles. The number of carbonyl (C=O) groups excluding carboxylic acids is 2. The molecule has 0 spiro atoms. The van der Waals surface area contributed by atoms with Crippen molar-refractivity contribution < 1.29 is 19.2 Å². The number of nitrogens with one attached hydrogen (secondary N) is 4. The van der Waals surface area contributed by atoms with Gasteiger partial charge in [0.15, 0.2) is 0 Å². The van der Waals surface area contributed by atoms with Crippen molar-refractivity contribution in [3.05, 3.63) is 0 Å². The molecule has 4 N–H and O–H groups in total. The zero-order valence-electron chi connectivity index (χ0n) is 42.9. The molecule has 0 rings (SSSR count). The van der Waals surface area contributed by atoms with Crippen molar-refractivity contribution in [3.63, 3.8) is 0 Å². The maximum atomic E-state index is 11.0. The highest BCUT2D eigenvalue weighted by Gasteiger charge is 2.05. The minimum Gasteiger partial charge on any atom is -0.393 e. The van der Waals surface area contributed by atoms with Crippen LogP contribution in [0.4, 0.5) is 0 Å². The summed E-state index contributed by atoms with van der Waals surface area (Å²) < 4.78 is 5.35. The van der Waals surface area contributed by atoms with Crippen LogP contribution in [0.25, 0.3) is 0 Å². The van der Waals surface area contributed by atoms with Crippen molar-refractivity contribution in [1.29, 1.82) is 0 Å². The number of hydrogen-bond acceptors (Lipinski definition) is 9. The first-order chi connectivity index (χ1) is 26.6. The zero-order valence-corrected chi connectivity index (χ0v) is 42.9. The third kappa shape index (κ3) is 85.6. The van der Waals surface area contributed by atoms with E-state index in [0.717, 1.165) is 38.0 Å². The topological polar surface area (TPSA) is 138 Å². The molecule has 2 amide bonds. The predicted octanol–water partition coefficient (Wildman–Crippen LogP) is 11.4. The van der Waals surface area contributed by atoms with Gasteiger partial charge in [0.05, 0.1) is 6.10 Å². The molecule has 11 heteroatoms. The molecule has 0 aliphatic rings. The van der Waals surface area contributed by atoms with Crippen molar-refractivity contribution in [2.75, 3.05) is 19.7 Å². The highest BCUT2D eigenvalue weighted by molar-refractivity contribution is 5.78. The van der Waals surface area contributed by atoms with Gasteiger partial charge < -0.3 is 25.6 Å². The molecule has 0 saturated heterocycles. The Morgan fingerprint density at radius 2 is 0.931 bits per heavy atom. The van der Waals surface area contributed by atoms with Crippen LogP contribution in [0.1, 0.15) is 185 Å². The van der Waals surface area contributed by atoms with Gasteiger partial charge in [-0.2, -0.15) is 10.2 Å². The zero-order chi connectivity index (χ0) is 46.8. The molecule has 0 fully saturated rings. The van der Waals surface area contributed by atoms with Gasteiger partial charge in [-0.05, 0) is 103 Å². The van der Waals surface area contributed by atoms with Gasteiger partial charge >= 0.3 is 0 Å². The fraction of sp³-hybridized carbons (Fsp3) is 0.894. The van der Waals surface area contributed by atoms with Gasteiger partial charge in [-0.1, -0.05) is 130 Å². The Bertz CT molecular complexity index is 883. The highest BCUT2D eigenvalue weighted by Crippen LogP contribution is 2.01. The Morgan fingerprint density at radius 3 is 1.28 bits per heavy atom. The number of hydrogen-bond donors (Lipinski definition) is 4. The number of rotatable bonds is 21. The second-order valence-electron chi connectivity index (χ2n) is 18.6. The number of oxime groups is 1. The van der Waals surface area contributed by atoms with Crippen LogP contribution in [0.5, 0.6) is 0 Å². The lowest BCUT2D eigenvalue weighted by atomic mass is 10.1. The van der Waals surface area contributed by atoms with Crippen LogP contribution in [0.15, 0.2) is 15.4 Å². The van der Waals surface area contributed by atoms with E-state index < -0.39 is 0 Å². The number of ether oxygens (including phenoxy) is 1. The lowest BCUT2D eigenvalue weighted by Crippen LogP contribution is -2.29. The molecular formula is C47H103N7O4. The van der Waals surface area contributed by atoms with Crippen molar-refractivity contribution in [2.45, 2.75) is 210 Å². The summed E-state index contributed by atoms with van der Waals surface area (Å²) in [4.78, 5) is 26.8. The summed E-state index contributed by atoms with van der Waals surface area (Å²) in [7, 11) is 0. The molecular weight excluding hydrogens is 727 g/mol. The van der Waals surface area contributed by atoms with Crippen molar-refractivity contribution in [2.24, 2.45) is 62.7 Å². The van der Waals surface area contributed by atoms with E-state index >= 15 is 0 Å². The van der Waals surface area contributed by atoms with E-state index in [4.69, 9.17) is 9.57 Å². The van der Waals surface area contributed by atoms with Gasteiger partial charge in [0.25, 0.3) is 0 Å². The number of amides is 2. The smallest absolute Gasteiger partial charge is 0.242 e. The van der Waals surface area contributed by atoms with Crippen molar-refractivity contribution >= 4 is 30.5 Å². The normalized spacial score (nSPS) is 11.4. The Hall–Kier alpha value is -2.53. The third-order valence-electron chi connectivity index (χ3n) is 6.37. The Labute approximate surface area is 362 Å². The van der Waals surface area contributed by atoms with E-state index in [2.05, 4.69) is 148 Å². The third-order valence-corrected chi connectivity index (χ3v) is 6.37. The van der Waals surface area contributed by atoms with Crippen molar-refractivity contribution in [1.82, 2.24) is 21.5 Å². The Kier molecular flexibility index (Phi) is 54.7. The van der Waals surface area contributed by atoms with E-state index in [9.17, 15) is 9.59 Å². The van der Waals surface area contributed by atoms with E-state index in [-0.39, 0.29) is 29.8 Å². The van der Waals surface area contributed by atoms with Gasteiger partial charge in [-0.25, -0.2) is 5.43 Å². The maximum absolute atomic E-state index is 11.0. The highest BCUT2D eigenvalue weighted by atomic mass is 16.6. The predicted molar refractivity (Wildman–Crippen MR) is 258 cm³/mol. The van der Waals surface area contributed by atoms with Gasteiger partial charge in [0.2, 0.25) is 11.8 Å². The molecule has 0 atom stereocenters. The Morgan fingerprint density at radius 1 is 0.500 bits per heavy atom. The van der Waals surface area contributed by atoms with Gasteiger partial charge in [-0.3, -0.25) is 9.59 Å². The molecule has 0 aromatic heterocycles. The van der Waals surface area contributed by atoms with E-state index in [1.807, 2.05) is 61.6 Å². The fourth-order valence-electron chi connectivity index (χ4n) is 2.89. The van der Waals surface area contributed by atoms with E-state index in [1.54, 1.807) is 12.4 Å². The van der Waals surface area contributed by atoms with Crippen LogP contribution in [0.2, 0.25) is 0 Å². The fourth-order valence-corrected chi connectivity index (χ4v) is 2.89. The quantitative estimate of drug-likeness (QED) is 0.0671. The lowest BCUT2D eigenvalue weighted by Gasteiger charge is -2.08. The molecule has 0 aromatic carbocycles. The molecule has 0 unspecified atom stereocenters. The summed E-state index contributed by atoms with van der Waals surface area (Å²) >= 11 is 0. The molecule has 58 heavy (non-hydrogen) atoms. The summed E-state index contributed by atoms with van der Waals surface area (Å²) in [6, 6.07) is 1.09. The summed E-state index contributed by atoms with van der Waals surface area (Å²) in [6.45, 7) is 52.5. The average Bonchev–Trinajstić information content (AvgIpc) is 3.04. The standard InChI is InChI=1S/C9H19NO.C8H16N2O.C8H19N.C8H18O.C7H16N2.C7H15NO/c1-7(2)5-6-10-9(11)8(3)4;1-6(2)5-9-10-8(11)7(3)4;2*1-7(2)5-6-9-8(3)4;2*1-6(2)5-8-9-7(3)4/h7-8H,5-6H2,1-4H3,(H,10,11);5-7H,1-4H3,(H,10,11);7-9H,5-6H2,1-4H3;7-8H,5-6H2,1-4H3;5-7,9H,1-4H3;5-7H,1-4H3. The molecule has 0 aromatic rings. The summed E-state index contributed by atoms with van der Waals surface area (Å²) in [5, 5.41) is 17.8. The van der Waals surface area contributed by atoms with Gasteiger partial charge in [0.1, 0.15) is 6.10 Å². The van der Waals surface area contributed by atoms with Crippen LogP contribution >= 0.6 is 0 Å². The molecule has 350 valence electrons. The van der Waals surface area contributed by atoms with Crippen LogP contribution < -0.4 is 21.5 Å². The number of carbonyl (C=O) groups is 2. The molecule has 0 aliphatic carbocycles. The average molecular weight is 830 g/mol.